The summed E-state index contributed by atoms with van der Waals surface area (Å²) in [6.45, 7) is 0. The Hall–Kier alpha value is -3.40. The van der Waals surface area contributed by atoms with Crippen molar-refractivity contribution in [2.75, 3.05) is 0 Å². The molecule has 0 atom stereocenters. The smallest absolute Gasteiger partial charge is 0.744 e. The predicted octanol–water partition coefficient (Wildman–Crippen LogP) is 1.94. The number of hydrogen-bond donors (Lipinski definition) is 0. The van der Waals surface area contributed by atoms with E-state index in [2.05, 4.69) is 0 Å². The van der Waals surface area contributed by atoms with Crippen LogP contribution in [0, 0.1) is 0 Å². The van der Waals surface area contributed by atoms with Crippen LogP contribution in [-0.2, 0) is 94.8 Å². The van der Waals surface area contributed by atoms with Crippen molar-refractivity contribution in [3.63, 3.8) is 0 Å². The van der Waals surface area contributed by atoms with Crippen LogP contribution in [0.4, 0.5) is 0 Å². The van der Waals surface area contributed by atoms with E-state index in [0.29, 0.717) is 16.2 Å². The third-order valence-corrected chi connectivity index (χ3v) is 12.9. The molecular formula is C30H18Fe2O18S6. The Bertz CT molecular complexity index is 2810. The van der Waals surface area contributed by atoms with E-state index in [1.165, 1.54) is 72.8 Å². The second-order valence-electron chi connectivity index (χ2n) is 10.6. The minimum Gasteiger partial charge on any atom is -0.744 e. The molecule has 0 aliphatic rings. The van der Waals surface area contributed by atoms with E-state index in [0.717, 1.165) is 18.2 Å². The molecule has 0 unspecified atom stereocenters. The van der Waals surface area contributed by atoms with Crippen LogP contribution in [0.5, 0.6) is 0 Å². The molecule has 2 radical (unpaired) electrons. The molecular weight excluding hydrogens is 952 g/mol. The minimum absolute atomic E-state index is 0. The first-order chi connectivity index (χ1) is 24.6. The van der Waals surface area contributed by atoms with E-state index in [1.54, 1.807) is 18.2 Å². The zero-order valence-electron chi connectivity index (χ0n) is 26.9. The van der Waals surface area contributed by atoms with E-state index in [-0.39, 0.29) is 50.3 Å². The first-order valence-corrected chi connectivity index (χ1v) is 22.4. The summed E-state index contributed by atoms with van der Waals surface area (Å²) in [7, 11) is -30.3. The van der Waals surface area contributed by atoms with Crippen LogP contribution < -0.4 is 0 Å². The summed E-state index contributed by atoms with van der Waals surface area (Å²) in [5.41, 5.74) is 0. The maximum absolute atomic E-state index is 11.2. The van der Waals surface area contributed by atoms with Gasteiger partial charge in [-0.1, -0.05) is 91.0 Å². The summed E-state index contributed by atoms with van der Waals surface area (Å²) in [5, 5.41) is 0.844. The van der Waals surface area contributed by atoms with Gasteiger partial charge in [0.25, 0.3) is 0 Å². The Labute approximate surface area is 341 Å². The van der Waals surface area contributed by atoms with Gasteiger partial charge in [-0.25, -0.2) is 50.5 Å². The maximum Gasteiger partial charge on any atom is 3.00 e. The minimum atomic E-state index is -5.07. The van der Waals surface area contributed by atoms with Crippen LogP contribution in [0.1, 0.15) is 0 Å². The summed E-state index contributed by atoms with van der Waals surface area (Å²) in [6, 6.07) is 23.7. The second kappa shape index (κ2) is 17.6. The molecule has 6 rings (SSSR count). The Balaban J connectivity index is 0.000000285. The average Bonchev–Trinajstić information content (AvgIpc) is 3.04. The molecule has 26 heteroatoms. The van der Waals surface area contributed by atoms with Crippen LogP contribution in [0.3, 0.4) is 0 Å². The van der Waals surface area contributed by atoms with Crippen molar-refractivity contribution in [1.29, 1.82) is 0 Å². The summed E-state index contributed by atoms with van der Waals surface area (Å²) in [5.74, 6) is 0. The molecule has 0 aliphatic carbocycles. The number of rotatable bonds is 6. The van der Waals surface area contributed by atoms with Crippen molar-refractivity contribution >= 4 is 93.0 Å². The first-order valence-electron chi connectivity index (χ1n) is 13.9. The third kappa shape index (κ3) is 11.4. The Morgan fingerprint density at radius 3 is 0.643 bits per heavy atom. The summed E-state index contributed by atoms with van der Waals surface area (Å²) >= 11 is 0. The maximum atomic E-state index is 11.2. The molecule has 0 saturated carbocycles. The van der Waals surface area contributed by atoms with Crippen molar-refractivity contribution in [2.24, 2.45) is 0 Å². The third-order valence-electron chi connectivity index (χ3n) is 7.09. The Morgan fingerprint density at radius 1 is 0.268 bits per heavy atom. The van der Waals surface area contributed by atoms with Crippen LogP contribution in [0.15, 0.2) is 139 Å². The van der Waals surface area contributed by atoms with Gasteiger partial charge in [0.15, 0.2) is 0 Å². The zero-order chi connectivity index (χ0) is 40.7. The molecule has 6 aromatic carbocycles. The molecule has 0 spiro atoms. The van der Waals surface area contributed by atoms with Gasteiger partial charge in [0.05, 0.1) is 29.4 Å². The predicted molar refractivity (Wildman–Crippen MR) is 180 cm³/mol. The molecule has 6 aromatic rings. The summed E-state index contributed by atoms with van der Waals surface area (Å²) in [6.07, 6.45) is 0. The first kappa shape index (κ1) is 48.7. The van der Waals surface area contributed by atoms with Crippen molar-refractivity contribution in [1.82, 2.24) is 0 Å². The Kier molecular flexibility index (Phi) is 15.3. The molecule has 0 N–H and O–H groups in total. The molecule has 298 valence electrons. The van der Waals surface area contributed by atoms with Crippen LogP contribution in [-0.4, -0.2) is 77.8 Å². The van der Waals surface area contributed by atoms with Gasteiger partial charge < -0.3 is 27.3 Å². The van der Waals surface area contributed by atoms with Gasteiger partial charge in [0.1, 0.15) is 60.7 Å². The van der Waals surface area contributed by atoms with Crippen molar-refractivity contribution in [3.8, 4) is 0 Å². The standard InChI is InChI=1S/3C10H8O6S2.2Fe/c3*11-17(12,13)9-6-5-7-3-1-2-4-8(7)10(9)18(14,15)16;;/h3*1-6H,(H,11,12,13)(H,14,15,16);;/q;;;2*+3/p-6. The van der Waals surface area contributed by atoms with Crippen molar-refractivity contribution < 1.29 is 112 Å². The number of fused-ring (bicyclic) bond motifs is 3. The average molecular weight is 971 g/mol. The van der Waals surface area contributed by atoms with E-state index in [1.807, 2.05) is 0 Å². The fourth-order valence-electron chi connectivity index (χ4n) is 5.03. The van der Waals surface area contributed by atoms with Crippen molar-refractivity contribution in [3.05, 3.63) is 109 Å². The van der Waals surface area contributed by atoms with Gasteiger partial charge in [0, 0.05) is 16.2 Å². The van der Waals surface area contributed by atoms with E-state index in [9.17, 15) is 77.8 Å². The van der Waals surface area contributed by atoms with E-state index in [4.69, 9.17) is 0 Å². The van der Waals surface area contributed by atoms with Gasteiger partial charge in [-0.15, -0.1) is 0 Å². The fraction of sp³-hybridized carbons (Fsp3) is 0. The SMILES string of the molecule is O=S(=O)([O-])c1ccc2ccccc2c1S(=O)(=O)[O-].O=S(=O)([O-])c1ccc2ccccc2c1S(=O)(=O)[O-].O=S(=O)([O-])c1ccc2ccccc2c1S(=O)(=O)[O-].[Fe+3].[Fe+3]. The molecule has 0 aromatic heterocycles. The molecule has 18 nitrogen and oxygen atoms in total. The monoisotopic (exact) mass is 970 g/mol. The van der Waals surface area contributed by atoms with Gasteiger partial charge in [-0.2, -0.15) is 0 Å². The van der Waals surface area contributed by atoms with Crippen LogP contribution in [0.25, 0.3) is 32.3 Å². The molecule has 0 saturated heterocycles. The summed E-state index contributed by atoms with van der Waals surface area (Å²) < 4.78 is 199. The summed E-state index contributed by atoms with van der Waals surface area (Å²) in [4.78, 5) is -6.02. The Morgan fingerprint density at radius 2 is 0.464 bits per heavy atom. The quantitative estimate of drug-likeness (QED) is 0.170. The normalized spacial score (nSPS) is 12.3. The second-order valence-corrected chi connectivity index (χ2v) is 18.6. The molecule has 0 amide bonds. The van der Waals surface area contributed by atoms with Crippen LogP contribution in [0.2, 0.25) is 0 Å². The van der Waals surface area contributed by atoms with Crippen LogP contribution >= 0.6 is 0 Å². The molecule has 0 aliphatic heterocycles. The van der Waals surface area contributed by atoms with Gasteiger partial charge in [-0.05, 0) is 34.4 Å². The van der Waals surface area contributed by atoms with Crippen molar-refractivity contribution in [2.45, 2.75) is 29.4 Å². The van der Waals surface area contributed by atoms with Gasteiger partial charge in [-0.3, -0.25) is 0 Å². The largest absolute Gasteiger partial charge is 3.00 e. The van der Waals surface area contributed by atoms with E-state index < -0.39 is 90.1 Å². The molecule has 0 bridgehead atoms. The van der Waals surface area contributed by atoms with E-state index >= 15 is 0 Å². The molecule has 0 heterocycles. The molecule has 0 fully saturated rings. The van der Waals surface area contributed by atoms with Gasteiger partial charge in [0.2, 0.25) is 0 Å². The van der Waals surface area contributed by atoms with Gasteiger partial charge >= 0.3 is 34.1 Å². The fourth-order valence-corrected chi connectivity index (χ4v) is 10.9. The molecule has 56 heavy (non-hydrogen) atoms. The number of benzene rings is 6. The number of hydrogen-bond acceptors (Lipinski definition) is 18. The topological polar surface area (TPSA) is 343 Å². The zero-order valence-corrected chi connectivity index (χ0v) is 34.0.